The average Bonchev–Trinajstić information content (AvgIpc) is 2.77. The first-order valence-corrected chi connectivity index (χ1v) is 6.92. The van der Waals surface area contributed by atoms with Crippen LogP contribution in [0.4, 0.5) is 0 Å². The molecule has 3 aromatic rings. The van der Waals surface area contributed by atoms with E-state index in [9.17, 15) is 4.79 Å². The molecule has 96 valence electrons. The van der Waals surface area contributed by atoms with Crippen molar-refractivity contribution in [2.24, 2.45) is 5.73 Å². The summed E-state index contributed by atoms with van der Waals surface area (Å²) in [6.45, 7) is 0.516. The molecule has 0 aliphatic carbocycles. The van der Waals surface area contributed by atoms with Gasteiger partial charge in [0, 0.05) is 6.04 Å². The first kappa shape index (κ1) is 12.1. The lowest BCUT2D eigenvalue weighted by molar-refractivity contribution is 0.600. The van der Waals surface area contributed by atoms with Gasteiger partial charge in [-0.05, 0) is 17.7 Å². The third-order valence-electron chi connectivity index (χ3n) is 3.14. The molecule has 1 heterocycles. The van der Waals surface area contributed by atoms with E-state index in [2.05, 4.69) is 0 Å². The summed E-state index contributed by atoms with van der Waals surface area (Å²) in [6.07, 6.45) is 0. The van der Waals surface area contributed by atoms with Gasteiger partial charge in [-0.2, -0.15) is 0 Å². The van der Waals surface area contributed by atoms with Crippen molar-refractivity contribution in [1.82, 2.24) is 3.96 Å². The summed E-state index contributed by atoms with van der Waals surface area (Å²) in [5.41, 5.74) is 7.26. The summed E-state index contributed by atoms with van der Waals surface area (Å²) in [7, 11) is 0. The van der Waals surface area contributed by atoms with Crippen LogP contribution >= 0.6 is 11.5 Å². The molecular formula is C15H14N2OS. The van der Waals surface area contributed by atoms with Crippen LogP contribution in [0.3, 0.4) is 0 Å². The molecule has 4 heteroatoms. The molecule has 2 aromatic carbocycles. The minimum atomic E-state index is -0.160. The highest BCUT2D eigenvalue weighted by atomic mass is 32.1. The van der Waals surface area contributed by atoms with Gasteiger partial charge in [-0.1, -0.05) is 54.0 Å². The molecule has 1 atom stereocenters. The molecule has 0 bridgehead atoms. The maximum atomic E-state index is 12.2. The lowest BCUT2D eigenvalue weighted by atomic mass is 10.1. The molecule has 0 radical (unpaired) electrons. The quantitative estimate of drug-likeness (QED) is 0.795. The van der Waals surface area contributed by atoms with Crippen molar-refractivity contribution in [2.75, 3.05) is 0 Å². The van der Waals surface area contributed by atoms with E-state index in [1.165, 1.54) is 11.5 Å². The van der Waals surface area contributed by atoms with Crippen LogP contribution < -0.4 is 11.3 Å². The molecule has 0 spiro atoms. The Bertz CT molecular complexity index is 745. The SMILES string of the molecule is NC(Cn1sc2ccccc2c1=O)c1ccccc1. The van der Waals surface area contributed by atoms with E-state index in [1.807, 2.05) is 54.6 Å². The van der Waals surface area contributed by atoms with E-state index in [0.717, 1.165) is 15.6 Å². The minimum Gasteiger partial charge on any atom is -0.322 e. The number of benzene rings is 2. The third kappa shape index (κ3) is 2.32. The van der Waals surface area contributed by atoms with Gasteiger partial charge in [-0.3, -0.25) is 8.75 Å². The molecule has 0 aliphatic heterocycles. The van der Waals surface area contributed by atoms with E-state index in [4.69, 9.17) is 5.73 Å². The van der Waals surface area contributed by atoms with Crippen LogP contribution in [0.1, 0.15) is 11.6 Å². The Morgan fingerprint density at radius 1 is 1.05 bits per heavy atom. The van der Waals surface area contributed by atoms with Crippen LogP contribution in [-0.4, -0.2) is 3.96 Å². The highest BCUT2D eigenvalue weighted by molar-refractivity contribution is 7.13. The number of hydrogen-bond donors (Lipinski definition) is 1. The molecule has 0 aliphatic rings. The summed E-state index contributed by atoms with van der Waals surface area (Å²) < 4.78 is 2.75. The van der Waals surface area contributed by atoms with Gasteiger partial charge >= 0.3 is 0 Å². The van der Waals surface area contributed by atoms with Gasteiger partial charge in [0.05, 0.1) is 16.6 Å². The molecule has 1 aromatic heterocycles. The average molecular weight is 270 g/mol. The van der Waals surface area contributed by atoms with Crippen LogP contribution in [0.15, 0.2) is 59.4 Å². The van der Waals surface area contributed by atoms with Crippen LogP contribution in [0.5, 0.6) is 0 Å². The zero-order chi connectivity index (χ0) is 13.2. The summed E-state index contributed by atoms with van der Waals surface area (Å²) >= 11 is 1.47. The van der Waals surface area contributed by atoms with Gasteiger partial charge < -0.3 is 5.73 Å². The van der Waals surface area contributed by atoms with E-state index in [-0.39, 0.29) is 11.6 Å². The second-order valence-electron chi connectivity index (χ2n) is 4.47. The molecule has 3 nitrogen and oxygen atoms in total. The largest absolute Gasteiger partial charge is 0.322 e. The third-order valence-corrected chi connectivity index (χ3v) is 4.23. The maximum absolute atomic E-state index is 12.2. The lowest BCUT2D eigenvalue weighted by Gasteiger charge is -2.11. The Kier molecular flexibility index (Phi) is 3.19. The Morgan fingerprint density at radius 3 is 2.47 bits per heavy atom. The van der Waals surface area contributed by atoms with Crippen LogP contribution in [-0.2, 0) is 6.54 Å². The second kappa shape index (κ2) is 4.99. The van der Waals surface area contributed by atoms with Crippen molar-refractivity contribution in [3.63, 3.8) is 0 Å². The summed E-state index contributed by atoms with van der Waals surface area (Å²) in [4.78, 5) is 12.2. The van der Waals surface area contributed by atoms with Gasteiger partial charge in [0.15, 0.2) is 0 Å². The predicted octanol–water partition coefficient (Wildman–Crippen LogP) is 2.76. The van der Waals surface area contributed by atoms with Gasteiger partial charge in [-0.25, -0.2) is 0 Å². The molecule has 0 saturated carbocycles. The number of aromatic nitrogens is 1. The van der Waals surface area contributed by atoms with Crippen molar-refractivity contribution < 1.29 is 0 Å². The number of rotatable bonds is 3. The summed E-state index contributed by atoms with van der Waals surface area (Å²) in [5.74, 6) is 0. The van der Waals surface area contributed by atoms with Crippen LogP contribution in [0.2, 0.25) is 0 Å². The van der Waals surface area contributed by atoms with Gasteiger partial charge in [0.25, 0.3) is 5.56 Å². The van der Waals surface area contributed by atoms with Crippen molar-refractivity contribution in [3.05, 3.63) is 70.5 Å². The summed E-state index contributed by atoms with van der Waals surface area (Å²) in [6, 6.07) is 17.4. The number of nitrogens with zero attached hydrogens (tertiary/aromatic N) is 1. The fourth-order valence-electron chi connectivity index (χ4n) is 2.12. The molecule has 19 heavy (non-hydrogen) atoms. The molecule has 0 fully saturated rings. The van der Waals surface area contributed by atoms with Gasteiger partial charge in [0.1, 0.15) is 0 Å². The first-order chi connectivity index (χ1) is 9.25. The Balaban J connectivity index is 1.94. The highest BCUT2D eigenvalue weighted by Crippen LogP contribution is 2.18. The molecule has 0 amide bonds. The normalized spacial score (nSPS) is 12.7. The van der Waals surface area contributed by atoms with E-state index >= 15 is 0 Å². The first-order valence-electron chi connectivity index (χ1n) is 6.15. The molecular weight excluding hydrogens is 256 g/mol. The van der Waals surface area contributed by atoms with Crippen LogP contribution in [0.25, 0.3) is 10.1 Å². The number of fused-ring (bicyclic) bond motifs is 1. The van der Waals surface area contributed by atoms with Crippen molar-refractivity contribution in [3.8, 4) is 0 Å². The zero-order valence-corrected chi connectivity index (χ0v) is 11.1. The number of hydrogen-bond acceptors (Lipinski definition) is 3. The monoisotopic (exact) mass is 270 g/mol. The van der Waals surface area contributed by atoms with Gasteiger partial charge in [-0.15, -0.1) is 0 Å². The molecule has 0 saturated heterocycles. The zero-order valence-electron chi connectivity index (χ0n) is 10.3. The van der Waals surface area contributed by atoms with E-state index in [1.54, 1.807) is 3.96 Å². The van der Waals surface area contributed by atoms with Crippen molar-refractivity contribution in [1.29, 1.82) is 0 Å². The minimum absolute atomic E-state index is 0.0481. The summed E-state index contributed by atoms with van der Waals surface area (Å²) in [5, 5.41) is 0.771. The van der Waals surface area contributed by atoms with Crippen molar-refractivity contribution >= 4 is 21.6 Å². The highest BCUT2D eigenvalue weighted by Gasteiger charge is 2.11. The molecule has 3 rings (SSSR count). The smallest absolute Gasteiger partial charge is 0.268 e. The topological polar surface area (TPSA) is 48.0 Å². The molecule has 1 unspecified atom stereocenters. The van der Waals surface area contributed by atoms with E-state index in [0.29, 0.717) is 6.54 Å². The van der Waals surface area contributed by atoms with Crippen molar-refractivity contribution in [2.45, 2.75) is 12.6 Å². The Labute approximate surface area is 115 Å². The van der Waals surface area contributed by atoms with Crippen LogP contribution in [0, 0.1) is 0 Å². The fraction of sp³-hybridized carbons (Fsp3) is 0.133. The standard InChI is InChI=1S/C15H14N2OS/c16-13(11-6-2-1-3-7-11)10-17-15(18)12-8-4-5-9-14(12)19-17/h1-9,13H,10,16H2. The maximum Gasteiger partial charge on any atom is 0.268 e. The predicted molar refractivity (Wildman–Crippen MR) is 79.5 cm³/mol. The fourth-order valence-corrected chi connectivity index (χ4v) is 3.17. The number of nitrogens with two attached hydrogens (primary N) is 1. The molecule has 2 N–H and O–H groups in total. The Hall–Kier alpha value is -1.91. The lowest BCUT2D eigenvalue weighted by Crippen LogP contribution is -2.22. The van der Waals surface area contributed by atoms with E-state index < -0.39 is 0 Å². The van der Waals surface area contributed by atoms with Gasteiger partial charge in [0.2, 0.25) is 0 Å². The Morgan fingerprint density at radius 2 is 1.74 bits per heavy atom. The second-order valence-corrected chi connectivity index (χ2v) is 5.53.